The van der Waals surface area contributed by atoms with Gasteiger partial charge in [0.05, 0.1) is 5.71 Å². The number of hydrogen-bond acceptors (Lipinski definition) is 4. The van der Waals surface area contributed by atoms with Crippen LogP contribution in [-0.2, 0) is 9.63 Å². The number of nitrogens with one attached hydrogen (secondary N) is 1. The van der Waals surface area contributed by atoms with Gasteiger partial charge in [0.25, 0.3) is 0 Å². The number of fused-ring (bicyclic) bond motifs is 5. The molecule has 0 radical (unpaired) electrons. The number of ketones is 1. The van der Waals surface area contributed by atoms with E-state index < -0.39 is 0 Å². The maximum Gasteiger partial charge on any atom is 0.139 e. The van der Waals surface area contributed by atoms with Crippen molar-refractivity contribution >= 4 is 11.5 Å². The smallest absolute Gasteiger partial charge is 0.139 e. The molecular formula is C25H38N2O2. The van der Waals surface area contributed by atoms with E-state index in [0.29, 0.717) is 42.0 Å². The van der Waals surface area contributed by atoms with Crippen LogP contribution in [0.3, 0.4) is 0 Å². The van der Waals surface area contributed by atoms with Gasteiger partial charge in [0.2, 0.25) is 0 Å². The quantitative estimate of drug-likeness (QED) is 0.423. The number of Topliss-reactive ketones (excluding diaryl/α,β-unsaturated/α-hetero) is 1. The molecule has 160 valence electrons. The molecule has 0 heterocycles. The van der Waals surface area contributed by atoms with E-state index >= 15 is 0 Å². The lowest BCUT2D eigenvalue weighted by molar-refractivity contribution is -0.139. The Hall–Kier alpha value is -1.34. The summed E-state index contributed by atoms with van der Waals surface area (Å²) in [5.74, 6) is 6.38. The average Bonchev–Trinajstić information content (AvgIpc) is 3.02. The molecule has 4 saturated carbocycles. The van der Waals surface area contributed by atoms with Gasteiger partial charge in [0, 0.05) is 17.8 Å². The maximum absolute atomic E-state index is 12.7. The molecule has 4 heteroatoms. The van der Waals surface area contributed by atoms with Crippen LogP contribution in [0.1, 0.15) is 71.6 Å². The summed E-state index contributed by atoms with van der Waals surface area (Å²) in [5, 5.41) is 7.64. The van der Waals surface area contributed by atoms with Gasteiger partial charge in [-0.15, -0.1) is 12.3 Å². The maximum atomic E-state index is 12.7. The summed E-state index contributed by atoms with van der Waals surface area (Å²) >= 11 is 0. The van der Waals surface area contributed by atoms with Crippen LogP contribution in [0.25, 0.3) is 0 Å². The highest BCUT2D eigenvalue weighted by Crippen LogP contribution is 2.66. The number of rotatable bonds is 5. The predicted octanol–water partition coefficient (Wildman–Crippen LogP) is 4.44. The first-order chi connectivity index (χ1) is 13.9. The normalized spacial score (nSPS) is 45.2. The number of hydrogen-bond donors (Lipinski definition) is 1. The molecule has 29 heavy (non-hydrogen) atoms. The van der Waals surface area contributed by atoms with Crippen molar-refractivity contribution in [3.8, 4) is 12.3 Å². The van der Waals surface area contributed by atoms with Gasteiger partial charge in [0.1, 0.15) is 12.4 Å². The molecule has 0 unspecified atom stereocenters. The van der Waals surface area contributed by atoms with Gasteiger partial charge in [0.15, 0.2) is 0 Å². The summed E-state index contributed by atoms with van der Waals surface area (Å²) in [6.45, 7) is 6.38. The van der Waals surface area contributed by atoms with Crippen LogP contribution in [0.5, 0.6) is 0 Å². The fourth-order valence-corrected chi connectivity index (χ4v) is 7.63. The third-order valence-corrected chi connectivity index (χ3v) is 9.33. The van der Waals surface area contributed by atoms with E-state index in [9.17, 15) is 4.79 Å². The Morgan fingerprint density at radius 3 is 2.79 bits per heavy atom. The van der Waals surface area contributed by atoms with Crippen LogP contribution in [0.4, 0.5) is 0 Å². The number of oxime groups is 1. The van der Waals surface area contributed by atoms with Crippen molar-refractivity contribution in [1.29, 1.82) is 0 Å². The first-order valence-corrected chi connectivity index (χ1v) is 11.8. The minimum absolute atomic E-state index is 0.0774. The fourth-order valence-electron chi connectivity index (χ4n) is 7.63. The Morgan fingerprint density at radius 2 is 2.03 bits per heavy atom. The van der Waals surface area contributed by atoms with E-state index in [1.54, 1.807) is 0 Å². The Bertz CT molecular complexity index is 710. The topological polar surface area (TPSA) is 50.7 Å². The number of terminal acetylenes is 1. The zero-order valence-corrected chi connectivity index (χ0v) is 18.5. The largest absolute Gasteiger partial charge is 0.396 e. The van der Waals surface area contributed by atoms with Crippen molar-refractivity contribution in [2.75, 3.05) is 20.2 Å². The summed E-state index contributed by atoms with van der Waals surface area (Å²) in [6.07, 6.45) is 15.5. The van der Waals surface area contributed by atoms with Crippen LogP contribution >= 0.6 is 0 Å². The highest BCUT2D eigenvalue weighted by Gasteiger charge is 2.61. The average molecular weight is 399 g/mol. The zero-order chi connectivity index (χ0) is 20.6. The van der Waals surface area contributed by atoms with Crippen LogP contribution in [0.2, 0.25) is 0 Å². The van der Waals surface area contributed by atoms with E-state index in [0.717, 1.165) is 57.9 Å². The van der Waals surface area contributed by atoms with Crippen molar-refractivity contribution in [1.82, 2.24) is 5.32 Å². The monoisotopic (exact) mass is 398 g/mol. The second-order valence-electron chi connectivity index (χ2n) is 10.6. The lowest BCUT2D eigenvalue weighted by Crippen LogP contribution is -2.56. The van der Waals surface area contributed by atoms with Crippen LogP contribution in [-0.4, -0.2) is 31.7 Å². The Kier molecular flexibility index (Phi) is 5.81. The van der Waals surface area contributed by atoms with Crippen molar-refractivity contribution in [2.24, 2.45) is 45.6 Å². The number of nitrogens with zero attached hydrogens (tertiary/aromatic N) is 1. The molecule has 1 N–H and O–H groups in total. The van der Waals surface area contributed by atoms with Gasteiger partial charge in [-0.25, -0.2) is 0 Å². The van der Waals surface area contributed by atoms with Gasteiger partial charge in [-0.1, -0.05) is 19.0 Å². The van der Waals surface area contributed by atoms with E-state index in [-0.39, 0.29) is 10.8 Å². The summed E-state index contributed by atoms with van der Waals surface area (Å²) < 4.78 is 0. The fraction of sp³-hybridized carbons (Fsp3) is 0.840. The third-order valence-electron chi connectivity index (χ3n) is 9.33. The molecule has 7 atom stereocenters. The minimum atomic E-state index is -0.0774. The van der Waals surface area contributed by atoms with Crippen LogP contribution in [0, 0.1) is 52.8 Å². The summed E-state index contributed by atoms with van der Waals surface area (Å²) in [4.78, 5) is 18.3. The highest BCUT2D eigenvalue weighted by atomic mass is 16.6. The zero-order valence-electron chi connectivity index (χ0n) is 18.5. The van der Waals surface area contributed by atoms with Crippen molar-refractivity contribution < 1.29 is 9.63 Å². The molecule has 0 spiro atoms. The van der Waals surface area contributed by atoms with Gasteiger partial charge in [-0.05, 0) is 94.0 Å². The third kappa shape index (κ3) is 3.44. The molecule has 0 aromatic rings. The van der Waals surface area contributed by atoms with Gasteiger partial charge in [-0.3, -0.25) is 4.79 Å². The Morgan fingerprint density at radius 1 is 1.21 bits per heavy atom. The van der Waals surface area contributed by atoms with Crippen molar-refractivity contribution in [3.05, 3.63) is 0 Å². The van der Waals surface area contributed by atoms with E-state index in [2.05, 4.69) is 30.2 Å². The lowest BCUT2D eigenvalue weighted by Gasteiger charge is -2.61. The number of carbonyl (C=O) groups excluding carboxylic acids is 1. The van der Waals surface area contributed by atoms with Crippen LogP contribution in [0.15, 0.2) is 5.16 Å². The predicted molar refractivity (Wildman–Crippen MR) is 116 cm³/mol. The molecule has 0 bridgehead atoms. The molecular weight excluding hydrogens is 360 g/mol. The van der Waals surface area contributed by atoms with Crippen molar-refractivity contribution in [3.63, 3.8) is 0 Å². The molecule has 4 nitrogen and oxygen atoms in total. The molecule has 4 rings (SSSR count). The molecule has 4 aliphatic carbocycles. The number of carbonyl (C=O) groups is 1. The molecule has 0 aromatic carbocycles. The van der Waals surface area contributed by atoms with Gasteiger partial charge >= 0.3 is 0 Å². The highest BCUT2D eigenvalue weighted by molar-refractivity contribution is 5.87. The second-order valence-corrected chi connectivity index (χ2v) is 10.6. The Balaban J connectivity index is 1.51. The van der Waals surface area contributed by atoms with Crippen molar-refractivity contribution in [2.45, 2.75) is 71.6 Å². The first kappa shape index (κ1) is 20.9. The first-order valence-electron chi connectivity index (χ1n) is 11.8. The lowest BCUT2D eigenvalue weighted by atomic mass is 9.43. The molecule has 0 aliphatic heterocycles. The SMILES string of the molecule is C#C[C@H]1C[C@@H]2[C@H](CC[C@]3(C)C(=O)CC[C@@H]23)[C@@]2(C)CC/C(=N\OCCCNC)C[C@H]12. The van der Waals surface area contributed by atoms with Gasteiger partial charge in [-0.2, -0.15) is 0 Å². The Labute approximate surface area is 176 Å². The standard InChI is InChI=1S/C25H38N2O2/c1-5-17-15-19-20-7-8-23(28)25(20,3)12-10-21(19)24(2)11-9-18(16-22(17)24)27-29-14-6-13-26-4/h1,17,19-22,26H,6-16H2,2-4H3/b27-18+/t17-,19-,20-,21-,22+,24+,25-/m0/s1. The molecule has 0 saturated heterocycles. The van der Waals surface area contributed by atoms with Crippen LogP contribution < -0.4 is 5.32 Å². The summed E-state index contributed by atoms with van der Waals surface area (Å²) in [6, 6.07) is 0. The summed E-state index contributed by atoms with van der Waals surface area (Å²) in [5.41, 5.74) is 1.40. The van der Waals surface area contributed by atoms with E-state index in [1.807, 2.05) is 7.05 Å². The molecule has 0 aromatic heterocycles. The van der Waals surface area contributed by atoms with E-state index in [4.69, 9.17) is 11.3 Å². The second kappa shape index (κ2) is 8.06. The molecule has 4 fully saturated rings. The molecule has 0 amide bonds. The summed E-state index contributed by atoms with van der Waals surface area (Å²) in [7, 11) is 1.96. The van der Waals surface area contributed by atoms with E-state index in [1.165, 1.54) is 12.1 Å². The molecule has 4 aliphatic rings. The van der Waals surface area contributed by atoms with Gasteiger partial charge < -0.3 is 10.2 Å². The minimum Gasteiger partial charge on any atom is -0.396 e.